The summed E-state index contributed by atoms with van der Waals surface area (Å²) in [5.41, 5.74) is 0.768. The zero-order valence-corrected chi connectivity index (χ0v) is 12.6. The average molecular weight is 267 g/mol. The predicted molar refractivity (Wildman–Crippen MR) is 77.2 cm³/mol. The van der Waals surface area contributed by atoms with Crippen LogP contribution < -0.4 is 0 Å². The molecule has 0 atom stereocenters. The molecule has 1 fully saturated rings. The smallest absolute Gasteiger partial charge is 0.0957 e. The highest BCUT2D eigenvalue weighted by Gasteiger charge is 2.30. The fraction of sp³-hybridized carbons (Fsp3) is 0.800. The van der Waals surface area contributed by atoms with Gasteiger partial charge in [0.15, 0.2) is 0 Å². The SMILES string of the molecule is CC(C)(C)c1csc(CC2(O)CCCCCC2)n1. The van der Waals surface area contributed by atoms with Gasteiger partial charge in [-0.2, -0.15) is 0 Å². The lowest BCUT2D eigenvalue weighted by Crippen LogP contribution is -2.30. The first kappa shape index (κ1) is 14.0. The summed E-state index contributed by atoms with van der Waals surface area (Å²) in [5, 5.41) is 13.9. The zero-order chi connectivity index (χ0) is 13.2. The third kappa shape index (κ3) is 3.55. The second-order valence-electron chi connectivity index (χ2n) is 6.69. The fourth-order valence-electron chi connectivity index (χ4n) is 2.58. The lowest BCUT2D eigenvalue weighted by molar-refractivity contribution is 0.0251. The molecule has 0 spiro atoms. The van der Waals surface area contributed by atoms with Gasteiger partial charge in [0.1, 0.15) is 0 Å². The summed E-state index contributed by atoms with van der Waals surface area (Å²) in [7, 11) is 0. The van der Waals surface area contributed by atoms with Crippen molar-refractivity contribution < 1.29 is 5.11 Å². The van der Waals surface area contributed by atoms with Gasteiger partial charge in [0.2, 0.25) is 0 Å². The molecule has 2 nitrogen and oxygen atoms in total. The summed E-state index contributed by atoms with van der Waals surface area (Å²) in [6.45, 7) is 6.56. The van der Waals surface area contributed by atoms with Crippen molar-refractivity contribution in [2.24, 2.45) is 0 Å². The van der Waals surface area contributed by atoms with Crippen molar-refractivity contribution in [3.05, 3.63) is 16.1 Å². The van der Waals surface area contributed by atoms with Crippen molar-refractivity contribution in [2.45, 2.75) is 76.7 Å². The van der Waals surface area contributed by atoms with Crippen LogP contribution in [-0.2, 0) is 11.8 Å². The maximum absolute atomic E-state index is 10.7. The largest absolute Gasteiger partial charge is 0.389 e. The van der Waals surface area contributed by atoms with E-state index in [4.69, 9.17) is 4.98 Å². The van der Waals surface area contributed by atoms with Gasteiger partial charge in [0.25, 0.3) is 0 Å². The van der Waals surface area contributed by atoms with Crippen LogP contribution in [0.2, 0.25) is 0 Å². The van der Waals surface area contributed by atoms with E-state index in [9.17, 15) is 5.11 Å². The summed E-state index contributed by atoms with van der Waals surface area (Å²) in [4.78, 5) is 4.71. The van der Waals surface area contributed by atoms with E-state index in [0.717, 1.165) is 42.8 Å². The lowest BCUT2D eigenvalue weighted by atomic mass is 9.91. The summed E-state index contributed by atoms with van der Waals surface area (Å²) >= 11 is 1.70. The number of aromatic nitrogens is 1. The van der Waals surface area contributed by atoms with Crippen LogP contribution in [0.1, 0.15) is 70.0 Å². The maximum Gasteiger partial charge on any atom is 0.0957 e. The Morgan fingerprint density at radius 2 is 1.83 bits per heavy atom. The van der Waals surface area contributed by atoms with E-state index < -0.39 is 5.60 Å². The Kier molecular flexibility index (Phi) is 4.12. The molecule has 0 unspecified atom stereocenters. The molecular weight excluding hydrogens is 242 g/mol. The predicted octanol–water partition coefficient (Wildman–Crippen LogP) is 4.07. The normalized spacial score (nSPS) is 20.7. The minimum atomic E-state index is -0.497. The maximum atomic E-state index is 10.7. The van der Waals surface area contributed by atoms with Gasteiger partial charge in [0.05, 0.1) is 16.3 Å². The van der Waals surface area contributed by atoms with Crippen LogP contribution in [0.25, 0.3) is 0 Å². The Morgan fingerprint density at radius 3 is 2.33 bits per heavy atom. The minimum Gasteiger partial charge on any atom is -0.389 e. The molecule has 1 aromatic rings. The molecule has 3 heteroatoms. The average Bonchev–Trinajstić information content (AvgIpc) is 2.61. The molecule has 1 saturated carbocycles. The summed E-state index contributed by atoms with van der Waals surface area (Å²) in [5.74, 6) is 0. The van der Waals surface area contributed by atoms with Gasteiger partial charge in [-0.15, -0.1) is 11.3 Å². The summed E-state index contributed by atoms with van der Waals surface area (Å²) < 4.78 is 0. The molecule has 0 aliphatic heterocycles. The highest BCUT2D eigenvalue weighted by atomic mass is 32.1. The first-order valence-electron chi connectivity index (χ1n) is 7.06. The van der Waals surface area contributed by atoms with Crippen LogP contribution in [-0.4, -0.2) is 15.7 Å². The second kappa shape index (κ2) is 5.30. The Hall–Kier alpha value is -0.410. The third-order valence-corrected chi connectivity index (χ3v) is 4.68. The van der Waals surface area contributed by atoms with Crippen molar-refractivity contribution in [1.29, 1.82) is 0 Å². The van der Waals surface area contributed by atoms with Gasteiger partial charge >= 0.3 is 0 Å². The molecule has 0 bridgehead atoms. The number of nitrogens with zero attached hydrogens (tertiary/aromatic N) is 1. The molecule has 1 N–H and O–H groups in total. The van der Waals surface area contributed by atoms with Crippen LogP contribution in [0.15, 0.2) is 5.38 Å². The van der Waals surface area contributed by atoms with Gasteiger partial charge in [-0.1, -0.05) is 46.5 Å². The molecule has 0 amide bonds. The first-order valence-corrected chi connectivity index (χ1v) is 7.94. The van der Waals surface area contributed by atoms with Gasteiger partial charge in [-0.05, 0) is 12.8 Å². The van der Waals surface area contributed by atoms with Crippen molar-refractivity contribution in [2.75, 3.05) is 0 Å². The van der Waals surface area contributed by atoms with Crippen molar-refractivity contribution in [3.8, 4) is 0 Å². The number of hydrogen-bond acceptors (Lipinski definition) is 3. The van der Waals surface area contributed by atoms with E-state index in [1.807, 2.05) is 0 Å². The molecule has 102 valence electrons. The molecule has 1 aliphatic rings. The van der Waals surface area contributed by atoms with Crippen molar-refractivity contribution in [1.82, 2.24) is 4.98 Å². The van der Waals surface area contributed by atoms with E-state index in [2.05, 4.69) is 26.2 Å². The summed E-state index contributed by atoms with van der Waals surface area (Å²) in [6.07, 6.45) is 7.49. The third-order valence-electron chi connectivity index (χ3n) is 3.83. The number of rotatable bonds is 2. The standard InChI is InChI=1S/C15H25NOS/c1-14(2,3)12-11-18-13(16-12)10-15(17)8-6-4-5-7-9-15/h11,17H,4-10H2,1-3H3. The van der Waals surface area contributed by atoms with Gasteiger partial charge in [-0.3, -0.25) is 0 Å². The van der Waals surface area contributed by atoms with Crippen LogP contribution >= 0.6 is 11.3 Å². The van der Waals surface area contributed by atoms with Gasteiger partial charge in [0, 0.05) is 17.2 Å². The molecule has 0 saturated heterocycles. The monoisotopic (exact) mass is 267 g/mol. The number of hydrogen-bond donors (Lipinski definition) is 1. The van der Waals surface area contributed by atoms with Gasteiger partial charge < -0.3 is 5.11 Å². The van der Waals surface area contributed by atoms with Crippen LogP contribution in [0.4, 0.5) is 0 Å². The van der Waals surface area contributed by atoms with Crippen LogP contribution in [0.3, 0.4) is 0 Å². The van der Waals surface area contributed by atoms with Crippen molar-refractivity contribution in [3.63, 3.8) is 0 Å². The Bertz CT molecular complexity index is 383. The number of aliphatic hydroxyl groups is 1. The zero-order valence-electron chi connectivity index (χ0n) is 11.8. The minimum absolute atomic E-state index is 0.112. The highest BCUT2D eigenvalue weighted by molar-refractivity contribution is 7.09. The molecule has 1 aromatic heterocycles. The molecule has 2 rings (SSSR count). The first-order chi connectivity index (χ1) is 8.39. The molecule has 1 heterocycles. The van der Waals surface area contributed by atoms with E-state index in [1.54, 1.807) is 11.3 Å². The van der Waals surface area contributed by atoms with E-state index in [0.29, 0.717) is 0 Å². The molecule has 0 aromatic carbocycles. The van der Waals surface area contributed by atoms with Crippen LogP contribution in [0.5, 0.6) is 0 Å². The van der Waals surface area contributed by atoms with Gasteiger partial charge in [-0.25, -0.2) is 4.98 Å². The Morgan fingerprint density at radius 1 is 1.22 bits per heavy atom. The molecule has 18 heavy (non-hydrogen) atoms. The molecular formula is C15H25NOS. The quantitative estimate of drug-likeness (QED) is 0.819. The Balaban J connectivity index is 2.06. The van der Waals surface area contributed by atoms with E-state index in [1.165, 1.54) is 12.8 Å². The van der Waals surface area contributed by atoms with Crippen molar-refractivity contribution >= 4 is 11.3 Å². The topological polar surface area (TPSA) is 33.1 Å². The number of thiazole rings is 1. The molecule has 0 radical (unpaired) electrons. The second-order valence-corrected chi connectivity index (χ2v) is 7.63. The summed E-state index contributed by atoms with van der Waals surface area (Å²) in [6, 6.07) is 0. The molecule has 1 aliphatic carbocycles. The highest BCUT2D eigenvalue weighted by Crippen LogP contribution is 2.32. The van der Waals surface area contributed by atoms with E-state index >= 15 is 0 Å². The fourth-order valence-corrected chi connectivity index (χ4v) is 3.74. The lowest BCUT2D eigenvalue weighted by Gasteiger charge is -2.25. The van der Waals surface area contributed by atoms with Crippen LogP contribution in [0, 0.1) is 0 Å². The Labute approximate surface area is 114 Å². The van der Waals surface area contributed by atoms with E-state index in [-0.39, 0.29) is 5.41 Å².